The molecular formula is C12H15N3O2. The van der Waals surface area contributed by atoms with Gasteiger partial charge in [-0.3, -0.25) is 10.1 Å². The summed E-state index contributed by atoms with van der Waals surface area (Å²) in [7, 11) is 0. The minimum absolute atomic E-state index is 0.0718. The number of rotatable bonds is 5. The Kier molecular flexibility index (Phi) is 3.69. The minimum atomic E-state index is -0.410. The number of nitrogens with zero attached hydrogens (tertiary/aromatic N) is 2. The topological polar surface area (TPSA) is 68.1 Å². The summed E-state index contributed by atoms with van der Waals surface area (Å²) in [6, 6.07) is 2.85. The lowest BCUT2D eigenvalue weighted by atomic mass is 10.2. The van der Waals surface area contributed by atoms with E-state index in [-0.39, 0.29) is 5.69 Å². The van der Waals surface area contributed by atoms with Crippen LogP contribution >= 0.6 is 0 Å². The van der Waals surface area contributed by atoms with Crippen LogP contribution in [0.4, 0.5) is 11.5 Å². The zero-order chi connectivity index (χ0) is 12.1. The summed E-state index contributed by atoms with van der Waals surface area (Å²) in [5.41, 5.74) is 1.55. The summed E-state index contributed by atoms with van der Waals surface area (Å²) >= 11 is 0. The molecule has 0 radical (unpaired) electrons. The first-order valence-electron chi connectivity index (χ1n) is 5.78. The van der Waals surface area contributed by atoms with Crippen molar-refractivity contribution < 1.29 is 4.92 Å². The smallest absolute Gasteiger partial charge is 0.274 e. The van der Waals surface area contributed by atoms with E-state index in [4.69, 9.17) is 0 Å². The number of aromatic nitrogens is 1. The van der Waals surface area contributed by atoms with Crippen LogP contribution in [-0.4, -0.2) is 16.5 Å². The molecule has 0 aromatic carbocycles. The normalized spacial score (nSPS) is 14.5. The first-order valence-corrected chi connectivity index (χ1v) is 5.78. The Morgan fingerprint density at radius 2 is 2.41 bits per heavy atom. The number of allylic oxidation sites excluding steroid dienone is 1. The molecule has 5 nitrogen and oxygen atoms in total. The second-order valence-corrected chi connectivity index (χ2v) is 4.09. The Morgan fingerprint density at radius 1 is 1.53 bits per heavy atom. The molecule has 0 bridgehead atoms. The van der Waals surface area contributed by atoms with Gasteiger partial charge in [0.15, 0.2) is 0 Å². The maximum Gasteiger partial charge on any atom is 0.274 e. The van der Waals surface area contributed by atoms with E-state index in [1.807, 2.05) is 0 Å². The van der Waals surface area contributed by atoms with Gasteiger partial charge in [-0.1, -0.05) is 11.6 Å². The molecule has 90 valence electrons. The van der Waals surface area contributed by atoms with E-state index in [9.17, 15) is 10.1 Å². The fraction of sp³-hybridized carbons (Fsp3) is 0.417. The van der Waals surface area contributed by atoms with Crippen LogP contribution < -0.4 is 5.32 Å². The van der Waals surface area contributed by atoms with E-state index in [1.54, 1.807) is 0 Å². The largest absolute Gasteiger partial charge is 0.370 e. The average molecular weight is 233 g/mol. The van der Waals surface area contributed by atoms with Gasteiger partial charge < -0.3 is 5.32 Å². The second kappa shape index (κ2) is 5.43. The quantitative estimate of drug-likeness (QED) is 0.482. The number of anilines is 1. The van der Waals surface area contributed by atoms with Gasteiger partial charge in [0.1, 0.15) is 5.82 Å². The minimum Gasteiger partial charge on any atom is -0.370 e. The molecule has 0 saturated heterocycles. The van der Waals surface area contributed by atoms with E-state index in [0.29, 0.717) is 5.82 Å². The van der Waals surface area contributed by atoms with Gasteiger partial charge in [0.25, 0.3) is 5.69 Å². The fourth-order valence-corrected chi connectivity index (χ4v) is 1.95. The van der Waals surface area contributed by atoms with Crippen LogP contribution in [0, 0.1) is 10.1 Å². The van der Waals surface area contributed by atoms with E-state index in [0.717, 1.165) is 13.0 Å². The Hall–Kier alpha value is -1.91. The van der Waals surface area contributed by atoms with Gasteiger partial charge in [-0.2, -0.15) is 0 Å². The summed E-state index contributed by atoms with van der Waals surface area (Å²) in [4.78, 5) is 14.2. The highest BCUT2D eigenvalue weighted by Crippen LogP contribution is 2.20. The van der Waals surface area contributed by atoms with Crippen molar-refractivity contribution in [1.29, 1.82) is 0 Å². The molecule has 1 aromatic heterocycles. The van der Waals surface area contributed by atoms with Crippen molar-refractivity contribution in [2.24, 2.45) is 0 Å². The number of hydrogen-bond donors (Lipinski definition) is 1. The Morgan fingerprint density at radius 3 is 3.12 bits per heavy atom. The molecule has 17 heavy (non-hydrogen) atoms. The summed E-state index contributed by atoms with van der Waals surface area (Å²) < 4.78 is 0. The van der Waals surface area contributed by atoms with E-state index >= 15 is 0 Å². The van der Waals surface area contributed by atoms with Crippen LogP contribution in [0.25, 0.3) is 0 Å². The highest BCUT2D eigenvalue weighted by Gasteiger charge is 2.07. The second-order valence-electron chi connectivity index (χ2n) is 4.09. The number of hydrogen-bond acceptors (Lipinski definition) is 4. The van der Waals surface area contributed by atoms with Crippen LogP contribution in [0.2, 0.25) is 0 Å². The fourth-order valence-electron chi connectivity index (χ4n) is 1.95. The van der Waals surface area contributed by atoms with Crippen molar-refractivity contribution in [2.45, 2.75) is 25.7 Å². The van der Waals surface area contributed by atoms with Crippen molar-refractivity contribution in [2.75, 3.05) is 11.9 Å². The molecule has 0 unspecified atom stereocenters. The molecule has 0 amide bonds. The van der Waals surface area contributed by atoms with Crippen LogP contribution in [0.5, 0.6) is 0 Å². The number of pyridine rings is 1. The molecule has 1 heterocycles. The molecule has 1 aromatic rings. The van der Waals surface area contributed by atoms with Crippen LogP contribution in [0.15, 0.2) is 30.0 Å². The summed E-state index contributed by atoms with van der Waals surface area (Å²) in [5, 5.41) is 13.7. The van der Waals surface area contributed by atoms with Crippen molar-refractivity contribution >= 4 is 11.5 Å². The standard InChI is InChI=1S/C12H15N3O2/c16-15(17)11-6-8-14-12(9-11)13-7-5-10-3-1-2-4-10/h3,6,8-9H,1-2,4-5,7H2,(H,13,14). The zero-order valence-electron chi connectivity index (χ0n) is 9.56. The monoisotopic (exact) mass is 233 g/mol. The molecule has 0 atom stereocenters. The van der Waals surface area contributed by atoms with Crippen molar-refractivity contribution in [3.63, 3.8) is 0 Å². The summed E-state index contributed by atoms with van der Waals surface area (Å²) in [6.45, 7) is 0.778. The highest BCUT2D eigenvalue weighted by molar-refractivity contribution is 5.44. The van der Waals surface area contributed by atoms with Crippen LogP contribution in [0.3, 0.4) is 0 Å². The molecule has 5 heteroatoms. The van der Waals surface area contributed by atoms with E-state index < -0.39 is 4.92 Å². The van der Waals surface area contributed by atoms with E-state index in [2.05, 4.69) is 16.4 Å². The van der Waals surface area contributed by atoms with Gasteiger partial charge >= 0.3 is 0 Å². The molecular weight excluding hydrogens is 218 g/mol. The van der Waals surface area contributed by atoms with Gasteiger partial charge in [-0.05, 0) is 25.7 Å². The Balaban J connectivity index is 1.86. The third-order valence-corrected chi connectivity index (χ3v) is 2.84. The predicted octanol–water partition coefficient (Wildman–Crippen LogP) is 2.90. The first kappa shape index (κ1) is 11.6. The molecule has 1 aliphatic rings. The Bertz CT molecular complexity index is 443. The van der Waals surface area contributed by atoms with Gasteiger partial charge in [-0.15, -0.1) is 0 Å². The summed E-state index contributed by atoms with van der Waals surface area (Å²) in [5.74, 6) is 0.567. The molecule has 0 saturated carbocycles. The van der Waals surface area contributed by atoms with Gasteiger partial charge in [0, 0.05) is 18.8 Å². The first-order chi connectivity index (χ1) is 8.25. The Labute approximate surface area is 99.7 Å². The zero-order valence-corrected chi connectivity index (χ0v) is 9.56. The maximum absolute atomic E-state index is 10.6. The number of nitro groups is 1. The molecule has 0 spiro atoms. The predicted molar refractivity (Wildman–Crippen MR) is 65.9 cm³/mol. The molecule has 0 aliphatic heterocycles. The molecule has 1 N–H and O–H groups in total. The molecule has 2 rings (SSSR count). The van der Waals surface area contributed by atoms with Gasteiger partial charge in [0.05, 0.1) is 11.0 Å². The van der Waals surface area contributed by atoms with Gasteiger partial charge in [-0.25, -0.2) is 4.98 Å². The van der Waals surface area contributed by atoms with Crippen LogP contribution in [0.1, 0.15) is 25.7 Å². The SMILES string of the molecule is O=[N+]([O-])c1ccnc(NCCC2=CCCC2)c1. The lowest BCUT2D eigenvalue weighted by Crippen LogP contribution is -2.04. The van der Waals surface area contributed by atoms with Crippen LogP contribution in [-0.2, 0) is 0 Å². The van der Waals surface area contributed by atoms with Gasteiger partial charge in [0.2, 0.25) is 0 Å². The third kappa shape index (κ3) is 3.27. The average Bonchev–Trinajstić information content (AvgIpc) is 2.82. The highest BCUT2D eigenvalue weighted by atomic mass is 16.6. The third-order valence-electron chi connectivity index (χ3n) is 2.84. The molecule has 0 fully saturated rings. The van der Waals surface area contributed by atoms with E-state index in [1.165, 1.54) is 43.2 Å². The van der Waals surface area contributed by atoms with Crippen molar-refractivity contribution in [3.05, 3.63) is 40.1 Å². The van der Waals surface area contributed by atoms with Crippen molar-refractivity contribution in [1.82, 2.24) is 4.98 Å². The lowest BCUT2D eigenvalue weighted by Gasteiger charge is -2.05. The maximum atomic E-state index is 10.6. The summed E-state index contributed by atoms with van der Waals surface area (Å²) in [6.07, 6.45) is 8.35. The van der Waals surface area contributed by atoms with Crippen molar-refractivity contribution in [3.8, 4) is 0 Å². The number of nitrogens with one attached hydrogen (secondary N) is 1. The molecule has 1 aliphatic carbocycles. The lowest BCUT2D eigenvalue weighted by molar-refractivity contribution is -0.384.